The van der Waals surface area contributed by atoms with Crippen LogP contribution in [0.4, 0.5) is 0 Å². The van der Waals surface area contributed by atoms with Gasteiger partial charge in [-0.1, -0.05) is 24.0 Å². The quantitative estimate of drug-likeness (QED) is 0.631. The van der Waals surface area contributed by atoms with E-state index in [1.807, 2.05) is 6.07 Å². The Balaban J connectivity index is 1.76. The maximum Gasteiger partial charge on any atom is 0.269 e. The van der Waals surface area contributed by atoms with E-state index in [4.69, 9.17) is 5.73 Å². The second-order valence-corrected chi connectivity index (χ2v) is 6.64. The minimum atomic E-state index is -1.66. The van der Waals surface area contributed by atoms with Crippen LogP contribution in [0, 0.1) is 11.8 Å². The Kier molecular flexibility index (Phi) is 4.09. The number of hydrogen-bond acceptors (Lipinski definition) is 5. The van der Waals surface area contributed by atoms with Crippen LogP contribution >= 0.6 is 0 Å². The van der Waals surface area contributed by atoms with Crippen LogP contribution in [0.2, 0.25) is 0 Å². The number of fused-ring (bicyclic) bond motifs is 1. The number of hydrogen-bond donors (Lipinski definition) is 2. The molecule has 0 saturated carbocycles. The van der Waals surface area contributed by atoms with E-state index >= 15 is 0 Å². The molecule has 0 aliphatic carbocycles. The highest BCUT2D eigenvalue weighted by molar-refractivity contribution is 5.98. The van der Waals surface area contributed by atoms with Gasteiger partial charge in [-0.15, -0.1) is 0 Å². The zero-order valence-corrected chi connectivity index (χ0v) is 15.1. The Morgan fingerprint density at radius 2 is 2.14 bits per heavy atom. The van der Waals surface area contributed by atoms with Crippen molar-refractivity contribution in [2.24, 2.45) is 5.73 Å². The summed E-state index contributed by atoms with van der Waals surface area (Å²) in [5, 5.41) is 14.7. The predicted octanol–water partition coefficient (Wildman–Crippen LogP) is 0.440. The van der Waals surface area contributed by atoms with Gasteiger partial charge in [-0.3, -0.25) is 9.59 Å². The molecular weight excluding hydrogens is 358 g/mol. The summed E-state index contributed by atoms with van der Waals surface area (Å²) in [4.78, 5) is 29.6. The summed E-state index contributed by atoms with van der Waals surface area (Å²) >= 11 is 0. The number of benzene rings is 1. The summed E-state index contributed by atoms with van der Waals surface area (Å²) < 4.78 is 1.54. The summed E-state index contributed by atoms with van der Waals surface area (Å²) in [6, 6.07) is 10.5. The number of likely N-dealkylation sites (tertiary alicyclic amines) is 1. The fourth-order valence-electron chi connectivity index (χ4n) is 3.18. The molecule has 8 nitrogen and oxygen atoms in total. The lowest BCUT2D eigenvalue weighted by Crippen LogP contribution is -2.37. The van der Waals surface area contributed by atoms with Crippen molar-refractivity contribution >= 4 is 17.3 Å². The molecule has 3 heterocycles. The number of rotatable bonds is 2. The summed E-state index contributed by atoms with van der Waals surface area (Å²) in [7, 11) is 1.63. The average molecular weight is 375 g/mol. The van der Waals surface area contributed by atoms with E-state index < -0.39 is 17.4 Å². The smallest absolute Gasteiger partial charge is 0.269 e. The minimum absolute atomic E-state index is 0.133. The van der Waals surface area contributed by atoms with E-state index in [0.29, 0.717) is 29.0 Å². The third-order valence-electron chi connectivity index (χ3n) is 4.69. The van der Waals surface area contributed by atoms with E-state index in [9.17, 15) is 14.7 Å². The average Bonchev–Trinajstić information content (AvgIpc) is 3.21. The number of likely N-dealkylation sites (N-methyl/N-ethyl adjacent to an activating group) is 1. The number of nitrogens with two attached hydrogens (primary N) is 1. The number of carbonyl (C=O) groups is 2. The minimum Gasteiger partial charge on any atom is -0.369 e. The predicted molar refractivity (Wildman–Crippen MR) is 101 cm³/mol. The summed E-state index contributed by atoms with van der Waals surface area (Å²) in [6.45, 7) is 0.464. The monoisotopic (exact) mass is 375 g/mol. The van der Waals surface area contributed by atoms with Gasteiger partial charge >= 0.3 is 0 Å². The third kappa shape index (κ3) is 2.88. The maximum atomic E-state index is 12.1. The number of amides is 2. The van der Waals surface area contributed by atoms with Gasteiger partial charge < -0.3 is 15.7 Å². The molecule has 140 valence electrons. The lowest BCUT2D eigenvalue weighted by atomic mass is 10.0. The topological polar surface area (TPSA) is 114 Å². The van der Waals surface area contributed by atoms with Gasteiger partial charge in [0.1, 0.15) is 0 Å². The Labute approximate surface area is 160 Å². The van der Waals surface area contributed by atoms with Gasteiger partial charge in [0.05, 0.1) is 5.52 Å². The van der Waals surface area contributed by atoms with Gasteiger partial charge in [0.2, 0.25) is 5.60 Å². The Morgan fingerprint density at radius 1 is 1.32 bits per heavy atom. The molecule has 1 saturated heterocycles. The molecule has 1 aromatic carbocycles. The lowest BCUT2D eigenvalue weighted by Gasteiger charge is -2.13. The number of carbonyl (C=O) groups excluding carboxylic acids is 2. The number of aliphatic hydroxyl groups is 1. The lowest BCUT2D eigenvalue weighted by molar-refractivity contribution is -0.137. The van der Waals surface area contributed by atoms with Gasteiger partial charge in [0.25, 0.3) is 11.8 Å². The van der Waals surface area contributed by atoms with Crippen LogP contribution in [-0.2, 0) is 4.79 Å². The van der Waals surface area contributed by atoms with Crippen LogP contribution in [0.3, 0.4) is 0 Å². The van der Waals surface area contributed by atoms with Crippen molar-refractivity contribution in [2.45, 2.75) is 12.0 Å². The Hall–Kier alpha value is -3.70. The number of aromatic nitrogens is 3. The molecule has 0 radical (unpaired) electrons. The van der Waals surface area contributed by atoms with Gasteiger partial charge in [0.15, 0.2) is 11.5 Å². The molecule has 1 aliphatic heterocycles. The summed E-state index contributed by atoms with van der Waals surface area (Å²) in [5.41, 5.74) is 5.68. The van der Waals surface area contributed by atoms with E-state index in [1.54, 1.807) is 43.6 Å². The Morgan fingerprint density at radius 3 is 2.86 bits per heavy atom. The summed E-state index contributed by atoms with van der Waals surface area (Å²) in [6.07, 6.45) is 1.86. The van der Waals surface area contributed by atoms with Crippen LogP contribution in [0.1, 0.15) is 22.5 Å². The van der Waals surface area contributed by atoms with Crippen molar-refractivity contribution in [1.82, 2.24) is 19.5 Å². The molecule has 2 amide bonds. The molecule has 1 fully saturated rings. The second kappa shape index (κ2) is 6.48. The van der Waals surface area contributed by atoms with Gasteiger partial charge in [-0.05, 0) is 24.3 Å². The molecule has 0 bridgehead atoms. The molecule has 28 heavy (non-hydrogen) atoms. The van der Waals surface area contributed by atoms with Crippen molar-refractivity contribution in [1.29, 1.82) is 0 Å². The third-order valence-corrected chi connectivity index (χ3v) is 4.69. The molecule has 2 aromatic heterocycles. The van der Waals surface area contributed by atoms with Gasteiger partial charge in [-0.25, -0.2) is 9.50 Å². The van der Waals surface area contributed by atoms with Crippen LogP contribution < -0.4 is 5.73 Å². The molecule has 0 spiro atoms. The molecule has 1 unspecified atom stereocenters. The van der Waals surface area contributed by atoms with Crippen LogP contribution in [-0.4, -0.2) is 55.6 Å². The van der Waals surface area contributed by atoms with Crippen molar-refractivity contribution < 1.29 is 14.7 Å². The number of imidazole rings is 1. The number of nitrogens with zero attached hydrogens (tertiary/aromatic N) is 4. The molecule has 8 heteroatoms. The van der Waals surface area contributed by atoms with E-state index in [0.717, 1.165) is 0 Å². The molecule has 1 atom stereocenters. The largest absolute Gasteiger partial charge is 0.369 e. The van der Waals surface area contributed by atoms with Gasteiger partial charge in [0, 0.05) is 37.3 Å². The molecular formula is C20H17N5O3. The zero-order valence-electron chi connectivity index (χ0n) is 15.1. The van der Waals surface area contributed by atoms with E-state index in [1.165, 1.54) is 9.42 Å². The standard InChI is InChI=1S/C20H17N5O3/c1-24-11-9-20(28,19(24)27)8-7-13-4-2-5-14(12-13)18-23-16(17(21)26)15-6-3-10-22-25(15)18/h2-6,10,12,28H,9,11H2,1H3,(H2,21,26). The van der Waals surface area contributed by atoms with E-state index in [2.05, 4.69) is 21.9 Å². The van der Waals surface area contributed by atoms with Crippen molar-refractivity contribution in [3.63, 3.8) is 0 Å². The van der Waals surface area contributed by atoms with Crippen LogP contribution in [0.15, 0.2) is 42.6 Å². The highest BCUT2D eigenvalue weighted by Gasteiger charge is 2.42. The molecule has 1 aliphatic rings. The van der Waals surface area contributed by atoms with Crippen LogP contribution in [0.5, 0.6) is 0 Å². The summed E-state index contributed by atoms with van der Waals surface area (Å²) in [5.74, 6) is 4.97. The SMILES string of the molecule is CN1CCC(O)(C#Cc2cccc(-c3nc(C(N)=O)c4cccnn34)c2)C1=O. The second-order valence-electron chi connectivity index (χ2n) is 6.64. The number of primary amides is 1. The van der Waals surface area contributed by atoms with Crippen molar-refractivity contribution in [3.8, 4) is 23.2 Å². The normalized spacial score (nSPS) is 18.9. The fraction of sp³-hybridized carbons (Fsp3) is 0.200. The maximum absolute atomic E-state index is 12.1. The Bertz CT molecular complexity index is 1170. The fourth-order valence-corrected chi connectivity index (χ4v) is 3.18. The highest BCUT2D eigenvalue weighted by Crippen LogP contribution is 2.24. The molecule has 3 N–H and O–H groups in total. The zero-order chi connectivity index (χ0) is 19.9. The molecule has 3 aromatic rings. The van der Waals surface area contributed by atoms with Crippen LogP contribution in [0.25, 0.3) is 16.9 Å². The van der Waals surface area contributed by atoms with Gasteiger partial charge in [-0.2, -0.15) is 5.10 Å². The first kappa shape index (κ1) is 17.7. The van der Waals surface area contributed by atoms with Crippen molar-refractivity contribution in [3.05, 3.63) is 53.9 Å². The first-order chi connectivity index (χ1) is 13.4. The molecule has 4 rings (SSSR count). The van der Waals surface area contributed by atoms with Crippen molar-refractivity contribution in [2.75, 3.05) is 13.6 Å². The first-order valence-electron chi connectivity index (χ1n) is 8.64. The first-order valence-corrected chi connectivity index (χ1v) is 8.64. The highest BCUT2D eigenvalue weighted by atomic mass is 16.3. The van der Waals surface area contributed by atoms with E-state index in [-0.39, 0.29) is 12.1 Å².